The largest absolute Gasteiger partial charge is 0.307 e. The topological polar surface area (TPSA) is 46.9 Å². The van der Waals surface area contributed by atoms with E-state index in [0.29, 0.717) is 18.6 Å². The number of fused-ring (bicyclic) bond motifs is 4. The van der Waals surface area contributed by atoms with E-state index in [2.05, 4.69) is 79.0 Å². The zero-order valence-electron chi connectivity index (χ0n) is 19.2. The summed E-state index contributed by atoms with van der Waals surface area (Å²) >= 11 is 1.69. The van der Waals surface area contributed by atoms with Crippen LogP contribution in [0.4, 0.5) is 0 Å². The molecule has 1 aliphatic carbocycles. The number of hydrogen-bond donors (Lipinski definition) is 1. The molecule has 3 aromatic carbocycles. The van der Waals surface area contributed by atoms with Gasteiger partial charge >= 0.3 is 0 Å². The molecule has 6 rings (SSSR count). The number of hydrogen-bond acceptors (Lipinski definition) is 4. The van der Waals surface area contributed by atoms with E-state index >= 15 is 0 Å². The van der Waals surface area contributed by atoms with Gasteiger partial charge in [-0.1, -0.05) is 72.8 Å². The van der Waals surface area contributed by atoms with Crippen molar-refractivity contribution in [2.75, 3.05) is 0 Å². The molecule has 0 bridgehead atoms. The minimum atomic E-state index is 0.0829. The van der Waals surface area contributed by atoms with Crippen molar-refractivity contribution in [1.29, 1.82) is 0 Å². The fourth-order valence-electron chi connectivity index (χ4n) is 5.26. The predicted molar refractivity (Wildman–Crippen MR) is 141 cm³/mol. The zero-order valence-corrected chi connectivity index (χ0v) is 20.0. The first-order valence-corrected chi connectivity index (χ1v) is 12.8. The Morgan fingerprint density at radius 1 is 1.06 bits per heavy atom. The summed E-state index contributed by atoms with van der Waals surface area (Å²) in [7, 11) is 0. The van der Waals surface area contributed by atoms with Crippen LogP contribution in [0.1, 0.15) is 41.0 Å². The second-order valence-corrected chi connectivity index (χ2v) is 10.3. The van der Waals surface area contributed by atoms with Crippen LogP contribution in [0.3, 0.4) is 0 Å². The van der Waals surface area contributed by atoms with Crippen LogP contribution in [0.25, 0.3) is 21.0 Å². The fraction of sp³-hybridized carbons (Fsp3) is 0.241. The Balaban J connectivity index is 1.28. The van der Waals surface area contributed by atoms with Gasteiger partial charge in [0.1, 0.15) is 4.83 Å². The molecule has 0 radical (unpaired) electrons. The highest BCUT2D eigenvalue weighted by molar-refractivity contribution is 7.18. The highest BCUT2D eigenvalue weighted by atomic mass is 32.1. The molecule has 2 aromatic heterocycles. The lowest BCUT2D eigenvalue weighted by Gasteiger charge is -2.27. The van der Waals surface area contributed by atoms with E-state index in [1.807, 2.05) is 6.07 Å². The number of benzene rings is 3. The third-order valence-electron chi connectivity index (χ3n) is 7.04. The first-order chi connectivity index (χ1) is 16.7. The van der Waals surface area contributed by atoms with Crippen LogP contribution in [0.5, 0.6) is 0 Å². The smallest absolute Gasteiger partial charge is 0.262 e. The Bertz CT molecular complexity index is 1530. The summed E-state index contributed by atoms with van der Waals surface area (Å²) in [6, 6.07) is 25.9. The van der Waals surface area contributed by atoms with E-state index in [0.717, 1.165) is 35.0 Å². The van der Waals surface area contributed by atoms with Gasteiger partial charge in [0.25, 0.3) is 5.56 Å². The average molecular weight is 466 g/mol. The lowest BCUT2D eigenvalue weighted by Crippen LogP contribution is -2.36. The average Bonchev–Trinajstić information content (AvgIpc) is 3.25. The molecule has 170 valence electrons. The maximum atomic E-state index is 13.6. The molecule has 0 spiro atoms. The van der Waals surface area contributed by atoms with Crippen molar-refractivity contribution in [1.82, 2.24) is 14.9 Å². The number of nitrogens with zero attached hydrogens (tertiary/aromatic N) is 2. The number of nitrogens with one attached hydrogen (secondary N) is 1. The van der Waals surface area contributed by atoms with Crippen molar-refractivity contribution in [3.63, 3.8) is 0 Å². The molecular weight excluding hydrogens is 438 g/mol. The third-order valence-corrected chi connectivity index (χ3v) is 8.20. The molecule has 5 aromatic rings. The monoisotopic (exact) mass is 465 g/mol. The van der Waals surface area contributed by atoms with Crippen LogP contribution in [-0.2, 0) is 19.4 Å². The summed E-state index contributed by atoms with van der Waals surface area (Å²) in [5.41, 5.74) is 3.75. The number of aryl methyl sites for hydroxylation is 1. The van der Waals surface area contributed by atoms with Gasteiger partial charge in [0, 0.05) is 17.0 Å². The summed E-state index contributed by atoms with van der Waals surface area (Å²) in [5, 5.41) is 7.01. The summed E-state index contributed by atoms with van der Waals surface area (Å²) < 4.78 is 1.78. The van der Waals surface area contributed by atoms with Crippen LogP contribution in [-0.4, -0.2) is 15.6 Å². The molecular formula is C29H27N3OS. The van der Waals surface area contributed by atoms with E-state index in [1.54, 1.807) is 22.2 Å². The van der Waals surface area contributed by atoms with Gasteiger partial charge in [0.05, 0.1) is 18.3 Å². The molecule has 0 fully saturated rings. The summed E-state index contributed by atoms with van der Waals surface area (Å²) in [5.74, 6) is 0. The summed E-state index contributed by atoms with van der Waals surface area (Å²) in [6.07, 6.45) is 4.63. The first-order valence-electron chi connectivity index (χ1n) is 11.9. The lowest BCUT2D eigenvalue weighted by atomic mass is 9.92. The molecule has 34 heavy (non-hydrogen) atoms. The van der Waals surface area contributed by atoms with Crippen LogP contribution in [0.15, 0.2) is 83.9 Å². The molecule has 2 heterocycles. The standard InChI is InChI=1S/C29H27N3OS/c1-19(20-8-3-2-4-9-20)31-23-14-15-25-26(16-23)34-28-27(25)29(33)32(18-30-28)17-22-12-7-11-21-10-5-6-13-24(21)22/h2-13,18-19,23,31H,14-17H2,1H3. The molecule has 0 saturated heterocycles. The first kappa shape index (κ1) is 21.3. The van der Waals surface area contributed by atoms with Gasteiger partial charge in [0.2, 0.25) is 0 Å². The van der Waals surface area contributed by atoms with Crippen molar-refractivity contribution < 1.29 is 0 Å². The molecule has 1 aliphatic rings. The van der Waals surface area contributed by atoms with Crippen molar-refractivity contribution in [3.05, 3.63) is 111 Å². The minimum Gasteiger partial charge on any atom is -0.307 e. The van der Waals surface area contributed by atoms with E-state index in [-0.39, 0.29) is 5.56 Å². The number of aromatic nitrogens is 2. The molecule has 2 unspecified atom stereocenters. The third kappa shape index (κ3) is 3.85. The number of rotatable bonds is 5. The van der Waals surface area contributed by atoms with Gasteiger partial charge in [-0.2, -0.15) is 0 Å². The Morgan fingerprint density at radius 2 is 1.85 bits per heavy atom. The second-order valence-electron chi connectivity index (χ2n) is 9.24. The van der Waals surface area contributed by atoms with Gasteiger partial charge in [-0.3, -0.25) is 9.36 Å². The van der Waals surface area contributed by atoms with E-state index in [1.165, 1.54) is 26.8 Å². The van der Waals surface area contributed by atoms with Gasteiger partial charge in [0.15, 0.2) is 0 Å². The van der Waals surface area contributed by atoms with Gasteiger partial charge in [-0.15, -0.1) is 11.3 Å². The van der Waals surface area contributed by atoms with Gasteiger partial charge in [-0.25, -0.2) is 4.98 Å². The molecule has 1 N–H and O–H groups in total. The van der Waals surface area contributed by atoms with Crippen LogP contribution >= 0.6 is 11.3 Å². The van der Waals surface area contributed by atoms with Gasteiger partial charge in [-0.05, 0) is 53.6 Å². The van der Waals surface area contributed by atoms with E-state index < -0.39 is 0 Å². The molecule has 4 nitrogen and oxygen atoms in total. The van der Waals surface area contributed by atoms with Crippen molar-refractivity contribution in [2.45, 2.75) is 44.8 Å². The van der Waals surface area contributed by atoms with Crippen molar-refractivity contribution in [2.24, 2.45) is 0 Å². The van der Waals surface area contributed by atoms with E-state index in [4.69, 9.17) is 4.98 Å². The molecule has 2 atom stereocenters. The summed E-state index contributed by atoms with van der Waals surface area (Å²) in [6.45, 7) is 2.76. The Kier molecular flexibility index (Phi) is 5.52. The Hall–Kier alpha value is -3.28. The SMILES string of the molecule is CC(NC1CCc2c(sc3ncn(Cc4cccc5ccccc45)c(=O)c23)C1)c1ccccc1. The lowest BCUT2D eigenvalue weighted by molar-refractivity contribution is 0.417. The van der Waals surface area contributed by atoms with E-state index in [9.17, 15) is 4.79 Å². The Labute approximate surface area is 202 Å². The summed E-state index contributed by atoms with van der Waals surface area (Å²) in [4.78, 5) is 20.5. The maximum absolute atomic E-state index is 13.6. The molecule has 0 amide bonds. The molecule has 5 heteroatoms. The number of thiophene rings is 1. The van der Waals surface area contributed by atoms with Crippen molar-refractivity contribution in [3.8, 4) is 0 Å². The van der Waals surface area contributed by atoms with Crippen LogP contribution in [0.2, 0.25) is 0 Å². The Morgan fingerprint density at radius 3 is 2.74 bits per heavy atom. The zero-order chi connectivity index (χ0) is 23.1. The second kappa shape index (κ2) is 8.82. The fourth-order valence-corrected chi connectivity index (χ4v) is 6.52. The normalized spacial score (nSPS) is 16.6. The van der Waals surface area contributed by atoms with Crippen LogP contribution in [0, 0.1) is 0 Å². The quantitative estimate of drug-likeness (QED) is 0.353. The molecule has 0 aliphatic heterocycles. The molecule has 0 saturated carbocycles. The maximum Gasteiger partial charge on any atom is 0.262 e. The van der Waals surface area contributed by atoms with Crippen molar-refractivity contribution >= 4 is 32.3 Å². The minimum absolute atomic E-state index is 0.0829. The van der Waals surface area contributed by atoms with Gasteiger partial charge < -0.3 is 5.32 Å². The van der Waals surface area contributed by atoms with Crippen LogP contribution < -0.4 is 10.9 Å². The highest BCUT2D eigenvalue weighted by Gasteiger charge is 2.26. The predicted octanol–water partition coefficient (Wildman–Crippen LogP) is 5.87. The highest BCUT2D eigenvalue weighted by Crippen LogP contribution is 2.34.